The zero-order valence-electron chi connectivity index (χ0n) is 15.2. The summed E-state index contributed by atoms with van der Waals surface area (Å²) in [7, 11) is 0. The first kappa shape index (κ1) is 18.6. The Morgan fingerprint density at radius 1 is 1.22 bits per heavy atom. The number of hydrogen-bond acceptors (Lipinski definition) is 7. The van der Waals surface area contributed by atoms with Gasteiger partial charge in [-0.2, -0.15) is 0 Å². The summed E-state index contributed by atoms with van der Waals surface area (Å²) < 4.78 is 7.48. The van der Waals surface area contributed by atoms with Gasteiger partial charge in [0.2, 0.25) is 0 Å². The fourth-order valence-corrected chi connectivity index (χ4v) is 4.43. The first-order valence-corrected chi connectivity index (χ1v) is 10.3. The van der Waals surface area contributed by atoms with Crippen molar-refractivity contribution in [3.8, 4) is 10.8 Å². The number of rotatable bonds is 4. The lowest BCUT2D eigenvalue weighted by Crippen LogP contribution is -2.46. The number of anilines is 1. The molecule has 27 heavy (non-hydrogen) atoms. The lowest BCUT2D eigenvalue weighted by molar-refractivity contribution is 0.192. The van der Waals surface area contributed by atoms with E-state index in [0.717, 1.165) is 46.8 Å². The average Bonchev–Trinajstić information content (AvgIpc) is 3.17. The van der Waals surface area contributed by atoms with E-state index >= 15 is 0 Å². The highest BCUT2D eigenvalue weighted by atomic mass is 35.5. The van der Waals surface area contributed by atoms with Gasteiger partial charge in [0.15, 0.2) is 0 Å². The van der Waals surface area contributed by atoms with Crippen LogP contribution in [0.15, 0.2) is 28.7 Å². The van der Waals surface area contributed by atoms with Crippen molar-refractivity contribution in [2.45, 2.75) is 20.5 Å². The predicted octanol–water partition coefficient (Wildman–Crippen LogP) is 4.38. The van der Waals surface area contributed by atoms with Crippen molar-refractivity contribution < 1.29 is 4.42 Å². The molecule has 0 amide bonds. The highest BCUT2D eigenvalue weighted by Crippen LogP contribution is 2.28. The largest absolute Gasteiger partial charge is 0.408 e. The fourth-order valence-electron chi connectivity index (χ4n) is 3.23. The Balaban J connectivity index is 1.42. The minimum atomic E-state index is 0.396. The molecule has 4 rings (SSSR count). The molecule has 1 fully saturated rings. The van der Waals surface area contributed by atoms with E-state index in [-0.39, 0.29) is 0 Å². The zero-order valence-corrected chi connectivity index (χ0v) is 17.6. The van der Waals surface area contributed by atoms with Crippen molar-refractivity contribution in [2.24, 2.45) is 0 Å². The third-order valence-corrected chi connectivity index (χ3v) is 6.17. The second-order valence-electron chi connectivity index (χ2n) is 6.55. The van der Waals surface area contributed by atoms with E-state index in [1.807, 2.05) is 32.0 Å². The molecular formula is C18H20ClN5OS2. The summed E-state index contributed by atoms with van der Waals surface area (Å²) in [5.74, 6) is 0.556. The van der Waals surface area contributed by atoms with Crippen LogP contribution in [0.3, 0.4) is 0 Å². The van der Waals surface area contributed by atoms with E-state index in [4.69, 9.17) is 28.2 Å². The van der Waals surface area contributed by atoms with E-state index in [1.165, 1.54) is 5.69 Å². The molecular weight excluding hydrogens is 402 g/mol. The van der Waals surface area contributed by atoms with Gasteiger partial charge < -0.3 is 9.32 Å². The van der Waals surface area contributed by atoms with Gasteiger partial charge in [0.1, 0.15) is 4.88 Å². The van der Waals surface area contributed by atoms with Gasteiger partial charge in [-0.05, 0) is 44.3 Å². The standard InChI is InChI=1S/C18H20ClN5OS2/c1-12-16(27-13(2)20-12)17-21-24(18(26)25-17)11-22-6-8-23(9-7-22)15-5-3-4-14(19)10-15/h3-5,10H,6-9,11H2,1-2H3. The molecule has 142 valence electrons. The van der Waals surface area contributed by atoms with Gasteiger partial charge in [-0.15, -0.1) is 16.4 Å². The van der Waals surface area contributed by atoms with Crippen molar-refractivity contribution >= 4 is 40.8 Å². The van der Waals surface area contributed by atoms with E-state index < -0.39 is 0 Å². The Hall–Kier alpha value is -1.74. The predicted molar refractivity (Wildman–Crippen MR) is 111 cm³/mol. The van der Waals surface area contributed by atoms with Gasteiger partial charge in [0, 0.05) is 36.9 Å². The summed E-state index contributed by atoms with van der Waals surface area (Å²) in [5, 5.41) is 6.34. The number of halogens is 1. The molecule has 3 aromatic rings. The van der Waals surface area contributed by atoms with Gasteiger partial charge in [-0.1, -0.05) is 17.7 Å². The molecule has 0 aliphatic carbocycles. The highest BCUT2D eigenvalue weighted by Gasteiger charge is 2.20. The molecule has 1 aromatic carbocycles. The van der Waals surface area contributed by atoms with Crippen LogP contribution < -0.4 is 4.90 Å². The van der Waals surface area contributed by atoms with E-state index in [2.05, 4.69) is 25.9 Å². The molecule has 1 saturated heterocycles. The lowest BCUT2D eigenvalue weighted by atomic mass is 10.2. The molecule has 0 spiro atoms. The maximum atomic E-state index is 6.11. The molecule has 1 aliphatic rings. The quantitative estimate of drug-likeness (QED) is 0.582. The van der Waals surface area contributed by atoms with Crippen LogP contribution in [-0.4, -0.2) is 45.8 Å². The van der Waals surface area contributed by atoms with E-state index in [9.17, 15) is 0 Å². The lowest BCUT2D eigenvalue weighted by Gasteiger charge is -2.35. The number of piperazine rings is 1. The van der Waals surface area contributed by atoms with Gasteiger partial charge in [-0.25, -0.2) is 9.67 Å². The molecule has 9 heteroatoms. The van der Waals surface area contributed by atoms with Crippen molar-refractivity contribution in [3.05, 3.63) is 44.8 Å². The van der Waals surface area contributed by atoms with Crippen molar-refractivity contribution in [3.63, 3.8) is 0 Å². The van der Waals surface area contributed by atoms with Gasteiger partial charge in [0.25, 0.3) is 10.7 Å². The summed E-state index contributed by atoms with van der Waals surface area (Å²) in [5.41, 5.74) is 2.09. The molecule has 3 heterocycles. The summed E-state index contributed by atoms with van der Waals surface area (Å²) in [4.78, 5) is 10.5. The maximum absolute atomic E-state index is 6.11. The normalized spacial score (nSPS) is 15.4. The Morgan fingerprint density at radius 2 is 2.00 bits per heavy atom. The summed E-state index contributed by atoms with van der Waals surface area (Å²) in [6.45, 7) is 8.29. The summed E-state index contributed by atoms with van der Waals surface area (Å²) in [6, 6.07) is 8.00. The Bertz CT molecular complexity index is 1000. The van der Waals surface area contributed by atoms with Crippen LogP contribution >= 0.6 is 35.2 Å². The minimum absolute atomic E-state index is 0.396. The molecule has 0 saturated carbocycles. The SMILES string of the molecule is Cc1nc(C)c(-c2nn(CN3CCN(c4cccc(Cl)c4)CC3)c(=S)o2)s1. The number of thiazole rings is 1. The van der Waals surface area contributed by atoms with E-state index in [1.54, 1.807) is 16.0 Å². The number of nitrogens with zero attached hydrogens (tertiary/aromatic N) is 5. The first-order valence-electron chi connectivity index (χ1n) is 8.75. The smallest absolute Gasteiger partial charge is 0.288 e. The second kappa shape index (κ2) is 7.71. The van der Waals surface area contributed by atoms with Crippen LogP contribution in [0.2, 0.25) is 5.02 Å². The summed E-state index contributed by atoms with van der Waals surface area (Å²) >= 11 is 13.1. The van der Waals surface area contributed by atoms with Crippen LogP contribution in [0.4, 0.5) is 5.69 Å². The zero-order chi connectivity index (χ0) is 19.0. The summed E-state index contributed by atoms with van der Waals surface area (Å²) in [6.07, 6.45) is 0. The number of benzene rings is 1. The number of aryl methyl sites for hydroxylation is 2. The average molecular weight is 422 g/mol. The third kappa shape index (κ3) is 4.08. The highest BCUT2D eigenvalue weighted by molar-refractivity contribution is 7.71. The van der Waals surface area contributed by atoms with Crippen LogP contribution in [0, 0.1) is 18.7 Å². The van der Waals surface area contributed by atoms with Gasteiger partial charge >= 0.3 is 0 Å². The van der Waals surface area contributed by atoms with Crippen LogP contribution in [-0.2, 0) is 6.67 Å². The topological polar surface area (TPSA) is 50.3 Å². The van der Waals surface area contributed by atoms with Crippen molar-refractivity contribution in [1.82, 2.24) is 19.7 Å². The fraction of sp³-hybridized carbons (Fsp3) is 0.389. The van der Waals surface area contributed by atoms with Crippen molar-refractivity contribution in [2.75, 3.05) is 31.1 Å². The minimum Gasteiger partial charge on any atom is -0.408 e. The third-order valence-electron chi connectivity index (χ3n) is 4.58. The maximum Gasteiger partial charge on any atom is 0.288 e. The second-order valence-corrected chi connectivity index (χ2v) is 8.54. The molecule has 0 unspecified atom stereocenters. The molecule has 0 N–H and O–H groups in total. The molecule has 2 aromatic heterocycles. The Kier molecular flexibility index (Phi) is 5.32. The molecule has 0 atom stereocenters. The van der Waals surface area contributed by atoms with Crippen molar-refractivity contribution in [1.29, 1.82) is 0 Å². The number of aromatic nitrogens is 3. The van der Waals surface area contributed by atoms with Crippen LogP contribution in [0.5, 0.6) is 0 Å². The molecule has 0 bridgehead atoms. The van der Waals surface area contributed by atoms with E-state index in [0.29, 0.717) is 17.4 Å². The van der Waals surface area contributed by atoms with Gasteiger partial charge in [-0.3, -0.25) is 4.90 Å². The molecule has 1 aliphatic heterocycles. The first-order chi connectivity index (χ1) is 13.0. The van der Waals surface area contributed by atoms with Crippen LogP contribution in [0.25, 0.3) is 10.8 Å². The Labute approximate surface area is 172 Å². The molecule has 0 radical (unpaired) electrons. The number of hydrogen-bond donors (Lipinski definition) is 0. The Morgan fingerprint density at radius 3 is 2.67 bits per heavy atom. The van der Waals surface area contributed by atoms with Crippen LogP contribution in [0.1, 0.15) is 10.7 Å². The monoisotopic (exact) mass is 421 g/mol. The molecule has 6 nitrogen and oxygen atoms in total. The van der Waals surface area contributed by atoms with Gasteiger partial charge in [0.05, 0.1) is 17.4 Å².